The summed E-state index contributed by atoms with van der Waals surface area (Å²) in [5, 5.41) is 2.90. The van der Waals surface area contributed by atoms with Crippen LogP contribution in [0.3, 0.4) is 0 Å². The van der Waals surface area contributed by atoms with Gasteiger partial charge in [-0.3, -0.25) is 19.2 Å². The highest BCUT2D eigenvalue weighted by Crippen LogP contribution is 2.30. The standard InChI is InChI=1S/C37H68N2O12Si/c1-9-10-11-12-13-14-15-16-17-18-19-20-21-22-23-45-24-31(38-37(44)39-52(6,7)8)25-47-36-35(50-30(5)43)34(49-29(4)42)33(48-28(3)41)32(51-36)26-46-27(2)40/h31-36H,9-26H2,1-8H3,(H2,38,39,44)/t31-,32?,33?,34?,35?,36?/m1/s1. The van der Waals surface area contributed by atoms with Gasteiger partial charge in [-0.05, 0) is 6.42 Å². The van der Waals surface area contributed by atoms with E-state index in [1.165, 1.54) is 77.6 Å². The number of urea groups is 1. The van der Waals surface area contributed by atoms with Crippen LogP contribution in [0, 0.1) is 0 Å². The molecule has 15 heteroatoms. The number of hydrogen-bond donors (Lipinski definition) is 2. The van der Waals surface area contributed by atoms with Gasteiger partial charge < -0.3 is 43.5 Å². The van der Waals surface area contributed by atoms with E-state index in [1.54, 1.807) is 0 Å². The molecule has 1 heterocycles. The van der Waals surface area contributed by atoms with Gasteiger partial charge >= 0.3 is 29.9 Å². The van der Waals surface area contributed by atoms with Crippen LogP contribution in [-0.2, 0) is 52.3 Å². The zero-order valence-electron chi connectivity index (χ0n) is 33.1. The molecule has 52 heavy (non-hydrogen) atoms. The number of hydrogen-bond acceptors (Lipinski definition) is 12. The van der Waals surface area contributed by atoms with Crippen LogP contribution in [0.1, 0.15) is 125 Å². The molecule has 1 aliphatic rings. The monoisotopic (exact) mass is 760 g/mol. The van der Waals surface area contributed by atoms with Crippen molar-refractivity contribution in [3.05, 3.63) is 0 Å². The van der Waals surface area contributed by atoms with Gasteiger partial charge in [0.2, 0.25) is 0 Å². The highest BCUT2D eigenvalue weighted by Gasteiger charge is 2.53. The highest BCUT2D eigenvalue weighted by molar-refractivity contribution is 6.75. The first-order valence-electron chi connectivity index (χ1n) is 19.2. The maximum Gasteiger partial charge on any atom is 0.307 e. The first-order chi connectivity index (χ1) is 24.6. The van der Waals surface area contributed by atoms with Crippen molar-refractivity contribution in [1.82, 2.24) is 10.3 Å². The topological polar surface area (TPSA) is 174 Å². The fraction of sp³-hybridized carbons (Fsp3) is 0.865. The van der Waals surface area contributed by atoms with Crippen LogP contribution in [0.4, 0.5) is 4.79 Å². The van der Waals surface area contributed by atoms with Gasteiger partial charge in [0.05, 0.1) is 19.3 Å². The third-order valence-corrected chi connectivity index (χ3v) is 9.17. The van der Waals surface area contributed by atoms with Crippen LogP contribution in [0.2, 0.25) is 19.6 Å². The van der Waals surface area contributed by atoms with Crippen LogP contribution in [-0.4, -0.2) is 101 Å². The lowest BCUT2D eigenvalue weighted by Crippen LogP contribution is -2.63. The zero-order chi connectivity index (χ0) is 38.9. The van der Waals surface area contributed by atoms with Crippen molar-refractivity contribution < 1.29 is 57.1 Å². The number of amides is 2. The summed E-state index contributed by atoms with van der Waals surface area (Å²) in [4.78, 5) is 63.8. The summed E-state index contributed by atoms with van der Waals surface area (Å²) in [6, 6.07) is -1.02. The minimum atomic E-state index is -1.98. The lowest BCUT2D eigenvalue weighted by Gasteiger charge is -2.44. The molecular formula is C37H68N2O12Si. The molecule has 302 valence electrons. The quantitative estimate of drug-likeness (QED) is 0.0428. The van der Waals surface area contributed by atoms with Crippen molar-refractivity contribution in [2.45, 2.75) is 181 Å². The predicted molar refractivity (Wildman–Crippen MR) is 198 cm³/mol. The third-order valence-electron chi connectivity index (χ3n) is 8.19. The number of nitrogens with one attached hydrogen (secondary N) is 2. The Morgan fingerprint density at radius 3 is 1.60 bits per heavy atom. The summed E-state index contributed by atoms with van der Waals surface area (Å²) >= 11 is 0. The van der Waals surface area contributed by atoms with E-state index in [-0.39, 0.29) is 25.9 Å². The molecule has 0 radical (unpaired) electrons. The maximum absolute atomic E-state index is 12.9. The number of carbonyl (C=O) groups is 5. The molecule has 0 saturated carbocycles. The molecule has 0 aromatic rings. The van der Waals surface area contributed by atoms with Gasteiger partial charge in [-0.1, -0.05) is 110 Å². The molecule has 14 nitrogen and oxygen atoms in total. The van der Waals surface area contributed by atoms with Gasteiger partial charge in [0.25, 0.3) is 0 Å². The summed E-state index contributed by atoms with van der Waals surface area (Å²) in [6.07, 6.45) is 11.0. The molecule has 1 fully saturated rings. The van der Waals surface area contributed by atoms with Gasteiger partial charge in [0.15, 0.2) is 24.6 Å². The van der Waals surface area contributed by atoms with E-state index < -0.39 is 68.9 Å². The predicted octanol–water partition coefficient (Wildman–Crippen LogP) is 6.09. The summed E-state index contributed by atoms with van der Waals surface area (Å²) in [6.45, 7) is 13.0. The Bertz CT molecular complexity index is 1060. The average Bonchev–Trinajstić information content (AvgIpc) is 3.03. The maximum atomic E-state index is 12.9. The van der Waals surface area contributed by atoms with E-state index in [0.717, 1.165) is 40.0 Å². The first-order valence-corrected chi connectivity index (χ1v) is 22.7. The minimum Gasteiger partial charge on any atom is -0.463 e. The molecule has 0 bridgehead atoms. The van der Waals surface area contributed by atoms with E-state index in [0.29, 0.717) is 6.61 Å². The normalized spacial score (nSPS) is 20.7. The molecule has 6 atom stereocenters. The van der Waals surface area contributed by atoms with E-state index in [4.69, 9.17) is 33.2 Å². The van der Waals surface area contributed by atoms with Crippen molar-refractivity contribution in [2.75, 3.05) is 26.4 Å². The Labute approximate surface area is 312 Å². The molecule has 2 N–H and O–H groups in total. The van der Waals surface area contributed by atoms with Crippen molar-refractivity contribution in [2.24, 2.45) is 0 Å². The minimum absolute atomic E-state index is 0.128. The lowest BCUT2D eigenvalue weighted by atomic mass is 9.98. The number of unbranched alkanes of at least 4 members (excludes halogenated alkanes) is 13. The van der Waals surface area contributed by atoms with E-state index in [2.05, 4.69) is 17.2 Å². The Morgan fingerprint density at radius 2 is 1.12 bits per heavy atom. The van der Waals surface area contributed by atoms with Crippen molar-refractivity contribution in [3.63, 3.8) is 0 Å². The molecule has 0 aliphatic carbocycles. The van der Waals surface area contributed by atoms with E-state index in [9.17, 15) is 24.0 Å². The van der Waals surface area contributed by atoms with E-state index >= 15 is 0 Å². The van der Waals surface area contributed by atoms with Gasteiger partial charge in [-0.25, -0.2) is 4.79 Å². The number of rotatable bonds is 27. The Morgan fingerprint density at radius 1 is 0.635 bits per heavy atom. The average molecular weight is 761 g/mol. The van der Waals surface area contributed by atoms with Gasteiger partial charge in [0, 0.05) is 34.3 Å². The summed E-state index contributed by atoms with van der Waals surface area (Å²) in [7, 11) is -1.98. The largest absolute Gasteiger partial charge is 0.463 e. The molecule has 1 saturated heterocycles. The molecule has 2 amide bonds. The second kappa shape index (κ2) is 26.9. The lowest BCUT2D eigenvalue weighted by molar-refractivity contribution is -0.309. The Kier molecular flexibility index (Phi) is 24.5. The molecule has 5 unspecified atom stereocenters. The zero-order valence-corrected chi connectivity index (χ0v) is 34.1. The fourth-order valence-corrected chi connectivity index (χ4v) is 6.60. The summed E-state index contributed by atoms with van der Waals surface area (Å²) in [5.74, 6) is -2.83. The Balaban J connectivity index is 2.82. The van der Waals surface area contributed by atoms with Gasteiger partial charge in [0.1, 0.15) is 20.9 Å². The summed E-state index contributed by atoms with van der Waals surface area (Å²) < 4.78 is 39.6. The molecule has 0 spiro atoms. The Hall–Kier alpha value is -2.75. The van der Waals surface area contributed by atoms with Crippen molar-refractivity contribution in [3.8, 4) is 0 Å². The number of ether oxygens (including phenoxy) is 7. The van der Waals surface area contributed by atoms with Gasteiger partial charge in [-0.15, -0.1) is 0 Å². The van der Waals surface area contributed by atoms with Crippen LogP contribution < -0.4 is 10.3 Å². The molecule has 0 aromatic carbocycles. The van der Waals surface area contributed by atoms with Crippen molar-refractivity contribution in [1.29, 1.82) is 0 Å². The second-order valence-corrected chi connectivity index (χ2v) is 19.4. The van der Waals surface area contributed by atoms with Gasteiger partial charge in [-0.2, -0.15) is 0 Å². The van der Waals surface area contributed by atoms with Crippen LogP contribution >= 0.6 is 0 Å². The van der Waals surface area contributed by atoms with Crippen LogP contribution in [0.5, 0.6) is 0 Å². The molecule has 1 rings (SSSR count). The van der Waals surface area contributed by atoms with Crippen LogP contribution in [0.25, 0.3) is 0 Å². The molecule has 0 aromatic heterocycles. The fourth-order valence-electron chi connectivity index (χ4n) is 5.85. The van der Waals surface area contributed by atoms with Crippen LogP contribution in [0.15, 0.2) is 0 Å². The van der Waals surface area contributed by atoms with E-state index in [1.807, 2.05) is 19.6 Å². The second-order valence-electron chi connectivity index (χ2n) is 14.6. The third kappa shape index (κ3) is 23.0. The first kappa shape index (κ1) is 47.3. The molecular weight excluding hydrogens is 692 g/mol. The SMILES string of the molecule is CCCCCCCCCCCCCCCCOC[C@H](COC1OC(COC(C)=O)C(OC(C)=O)C(OC(C)=O)C1OC(C)=O)NC(=O)N[Si](C)(C)C. The smallest absolute Gasteiger partial charge is 0.307 e. The highest BCUT2D eigenvalue weighted by atomic mass is 28.3. The summed E-state index contributed by atoms with van der Waals surface area (Å²) in [5.41, 5.74) is 0. The molecule has 1 aliphatic heterocycles. The number of carbonyl (C=O) groups excluding carboxylic acids is 5. The number of esters is 4. The van der Waals surface area contributed by atoms with Crippen molar-refractivity contribution >= 4 is 38.1 Å².